The number of hydrazine groups is 1. The van der Waals surface area contributed by atoms with E-state index < -0.39 is 0 Å². The van der Waals surface area contributed by atoms with Crippen LogP contribution in [0.25, 0.3) is 0 Å². The normalized spacial score (nSPS) is 20.2. The summed E-state index contributed by atoms with van der Waals surface area (Å²) in [5.74, 6) is 0.444. The number of unbranched alkanes of at least 4 members (excludes halogenated alkanes) is 1. The highest BCUT2D eigenvalue weighted by molar-refractivity contribution is 5.83. The van der Waals surface area contributed by atoms with Gasteiger partial charge < -0.3 is 0 Å². The van der Waals surface area contributed by atoms with E-state index in [0.29, 0.717) is 25.3 Å². The van der Waals surface area contributed by atoms with Crippen molar-refractivity contribution in [2.45, 2.75) is 52.4 Å². The molecule has 1 heterocycles. The Morgan fingerprint density at radius 2 is 2.19 bits per heavy atom. The first-order valence-corrected chi connectivity index (χ1v) is 6.27. The van der Waals surface area contributed by atoms with E-state index in [1.54, 1.807) is 0 Å². The van der Waals surface area contributed by atoms with Gasteiger partial charge in [0.15, 0.2) is 0 Å². The summed E-state index contributed by atoms with van der Waals surface area (Å²) in [6.45, 7) is 4.85. The van der Waals surface area contributed by atoms with Gasteiger partial charge in [-0.1, -0.05) is 26.7 Å². The van der Waals surface area contributed by atoms with Crippen molar-refractivity contribution < 1.29 is 9.59 Å². The van der Waals surface area contributed by atoms with Gasteiger partial charge in [0, 0.05) is 19.4 Å². The lowest BCUT2D eigenvalue weighted by atomic mass is 10.0. The lowest BCUT2D eigenvalue weighted by Crippen LogP contribution is -2.43. The molecule has 0 spiro atoms. The molecule has 1 unspecified atom stereocenters. The third-order valence-electron chi connectivity index (χ3n) is 2.92. The molecule has 92 valence electrons. The maximum atomic E-state index is 11.6. The lowest BCUT2D eigenvalue weighted by molar-refractivity contribution is -0.138. The van der Waals surface area contributed by atoms with Crippen LogP contribution >= 0.6 is 0 Å². The second-order valence-electron chi connectivity index (χ2n) is 4.50. The van der Waals surface area contributed by atoms with E-state index >= 15 is 0 Å². The molecule has 0 saturated carbocycles. The van der Waals surface area contributed by atoms with E-state index in [1.807, 2.05) is 6.92 Å². The van der Waals surface area contributed by atoms with Crippen LogP contribution in [0, 0.1) is 5.92 Å². The molecule has 0 aromatic heterocycles. The van der Waals surface area contributed by atoms with Gasteiger partial charge in [0.2, 0.25) is 11.8 Å². The Balaban J connectivity index is 2.32. The van der Waals surface area contributed by atoms with Gasteiger partial charge in [0.25, 0.3) is 0 Å². The van der Waals surface area contributed by atoms with Crippen molar-refractivity contribution >= 4 is 11.8 Å². The molecule has 0 aromatic rings. The summed E-state index contributed by atoms with van der Waals surface area (Å²) in [4.78, 5) is 23.0. The molecule has 1 fully saturated rings. The minimum absolute atomic E-state index is 0.0349. The van der Waals surface area contributed by atoms with Crippen molar-refractivity contribution in [3.8, 4) is 0 Å². The number of hydrogen-bond donors (Lipinski definition) is 1. The lowest BCUT2D eigenvalue weighted by Gasteiger charge is -2.17. The molecule has 1 aliphatic rings. The summed E-state index contributed by atoms with van der Waals surface area (Å²) < 4.78 is 0. The summed E-state index contributed by atoms with van der Waals surface area (Å²) >= 11 is 0. The Kier molecular flexibility index (Phi) is 5.29. The number of carbonyl (C=O) groups excluding carboxylic acids is 2. The number of hydrogen-bond acceptors (Lipinski definition) is 2. The smallest absolute Gasteiger partial charge is 0.241 e. The van der Waals surface area contributed by atoms with Gasteiger partial charge in [0.05, 0.1) is 0 Å². The van der Waals surface area contributed by atoms with Crippen molar-refractivity contribution in [3.05, 3.63) is 0 Å². The van der Waals surface area contributed by atoms with Gasteiger partial charge in [0.1, 0.15) is 0 Å². The fraction of sp³-hybridized carbons (Fsp3) is 0.833. The topological polar surface area (TPSA) is 49.4 Å². The zero-order valence-electron chi connectivity index (χ0n) is 10.3. The van der Waals surface area contributed by atoms with Crippen LogP contribution in [0.5, 0.6) is 0 Å². The summed E-state index contributed by atoms with van der Waals surface area (Å²) in [5.41, 5.74) is 2.70. The molecule has 0 aliphatic carbocycles. The van der Waals surface area contributed by atoms with Gasteiger partial charge in [-0.3, -0.25) is 20.0 Å². The van der Waals surface area contributed by atoms with Crippen molar-refractivity contribution in [2.24, 2.45) is 5.92 Å². The van der Waals surface area contributed by atoms with Crippen molar-refractivity contribution in [1.82, 2.24) is 10.4 Å². The molecule has 4 heteroatoms. The van der Waals surface area contributed by atoms with Crippen LogP contribution in [0.15, 0.2) is 0 Å². The van der Waals surface area contributed by atoms with E-state index in [4.69, 9.17) is 0 Å². The van der Waals surface area contributed by atoms with Gasteiger partial charge in [-0.15, -0.1) is 0 Å². The molecular weight excluding hydrogens is 204 g/mol. The molecule has 0 aromatic carbocycles. The minimum atomic E-state index is -0.0349. The predicted molar refractivity (Wildman–Crippen MR) is 62.4 cm³/mol. The first-order chi connectivity index (χ1) is 7.67. The summed E-state index contributed by atoms with van der Waals surface area (Å²) in [5, 5.41) is 1.50. The van der Waals surface area contributed by atoms with E-state index in [1.165, 1.54) is 5.01 Å². The molecule has 0 radical (unpaired) electrons. The zero-order chi connectivity index (χ0) is 12.0. The first-order valence-electron chi connectivity index (χ1n) is 6.27. The van der Waals surface area contributed by atoms with Crippen LogP contribution in [0.3, 0.4) is 0 Å². The Hall–Kier alpha value is -1.06. The number of carbonyl (C=O) groups is 2. The molecule has 4 nitrogen and oxygen atoms in total. The largest absolute Gasteiger partial charge is 0.273 e. The Labute approximate surface area is 97.4 Å². The quantitative estimate of drug-likeness (QED) is 0.751. The maximum Gasteiger partial charge on any atom is 0.241 e. The molecule has 2 amide bonds. The summed E-state index contributed by atoms with van der Waals surface area (Å²) in [6, 6.07) is 0. The van der Waals surface area contributed by atoms with E-state index in [0.717, 1.165) is 25.7 Å². The molecule has 16 heavy (non-hydrogen) atoms. The Morgan fingerprint density at radius 1 is 1.44 bits per heavy atom. The van der Waals surface area contributed by atoms with Crippen LogP contribution in [-0.2, 0) is 9.59 Å². The average molecular weight is 226 g/mol. The maximum absolute atomic E-state index is 11.6. The van der Waals surface area contributed by atoms with E-state index in [-0.39, 0.29) is 11.8 Å². The van der Waals surface area contributed by atoms with Gasteiger partial charge >= 0.3 is 0 Å². The number of rotatable bonds is 6. The van der Waals surface area contributed by atoms with Gasteiger partial charge in [-0.2, -0.15) is 0 Å². The third-order valence-corrected chi connectivity index (χ3v) is 2.92. The van der Waals surface area contributed by atoms with Crippen molar-refractivity contribution in [3.63, 3.8) is 0 Å². The van der Waals surface area contributed by atoms with Crippen LogP contribution in [0.2, 0.25) is 0 Å². The Morgan fingerprint density at radius 3 is 2.81 bits per heavy atom. The molecule has 1 rings (SSSR count). The highest BCUT2D eigenvalue weighted by Crippen LogP contribution is 2.20. The minimum Gasteiger partial charge on any atom is -0.273 e. The van der Waals surface area contributed by atoms with Crippen LogP contribution in [-0.4, -0.2) is 23.4 Å². The standard InChI is InChI=1S/C12H22N2O2/c1-3-5-7-11(15)13-14-9-10(6-4-2)8-12(14)16/h10H,3-9H2,1-2H3,(H,13,15). The van der Waals surface area contributed by atoms with Crippen molar-refractivity contribution in [1.29, 1.82) is 0 Å². The number of nitrogens with zero attached hydrogens (tertiary/aromatic N) is 1. The average Bonchev–Trinajstić information content (AvgIpc) is 2.57. The van der Waals surface area contributed by atoms with Gasteiger partial charge in [-0.05, 0) is 18.8 Å². The summed E-state index contributed by atoms with van der Waals surface area (Å²) in [7, 11) is 0. The number of nitrogens with one attached hydrogen (secondary N) is 1. The molecule has 1 saturated heterocycles. The van der Waals surface area contributed by atoms with Crippen LogP contribution in [0.1, 0.15) is 52.4 Å². The van der Waals surface area contributed by atoms with Crippen molar-refractivity contribution in [2.75, 3.05) is 6.54 Å². The second-order valence-corrected chi connectivity index (χ2v) is 4.50. The predicted octanol–water partition coefficient (Wildman–Crippen LogP) is 1.86. The molecule has 1 atom stereocenters. The molecule has 0 bridgehead atoms. The molecule has 1 aliphatic heterocycles. The number of amides is 2. The summed E-state index contributed by atoms with van der Waals surface area (Å²) in [6.07, 6.45) is 5.13. The third kappa shape index (κ3) is 3.83. The molecular formula is C12H22N2O2. The Bertz CT molecular complexity index is 253. The SMILES string of the molecule is CCCCC(=O)NN1CC(CCC)CC1=O. The highest BCUT2D eigenvalue weighted by atomic mass is 16.2. The fourth-order valence-electron chi connectivity index (χ4n) is 2.04. The first kappa shape index (κ1) is 13.0. The second kappa shape index (κ2) is 6.51. The van der Waals surface area contributed by atoms with E-state index in [9.17, 15) is 9.59 Å². The monoisotopic (exact) mass is 226 g/mol. The molecule has 1 N–H and O–H groups in total. The highest BCUT2D eigenvalue weighted by Gasteiger charge is 2.29. The van der Waals surface area contributed by atoms with Crippen LogP contribution < -0.4 is 5.43 Å². The fourth-order valence-corrected chi connectivity index (χ4v) is 2.04. The van der Waals surface area contributed by atoms with Gasteiger partial charge in [-0.25, -0.2) is 0 Å². The van der Waals surface area contributed by atoms with Crippen LogP contribution in [0.4, 0.5) is 0 Å². The zero-order valence-corrected chi connectivity index (χ0v) is 10.3. The van der Waals surface area contributed by atoms with E-state index in [2.05, 4.69) is 12.3 Å².